The van der Waals surface area contributed by atoms with Crippen LogP contribution in [-0.4, -0.2) is 33.2 Å². The molecule has 2 aliphatic rings. The maximum atomic E-state index is 12.4. The van der Waals surface area contributed by atoms with Crippen LogP contribution in [0.1, 0.15) is 18.4 Å². The Morgan fingerprint density at radius 2 is 2.30 bits per heavy atom. The van der Waals surface area contributed by atoms with Gasteiger partial charge in [0.2, 0.25) is 10.0 Å². The van der Waals surface area contributed by atoms with Gasteiger partial charge in [0, 0.05) is 18.6 Å². The van der Waals surface area contributed by atoms with Crippen molar-refractivity contribution in [3.05, 3.63) is 15.4 Å². The molecule has 112 valence electrons. The highest BCUT2D eigenvalue weighted by atomic mass is 79.9. The fraction of sp³-hybridized carbons (Fsp3) is 0.667. The Morgan fingerprint density at radius 1 is 1.55 bits per heavy atom. The third-order valence-corrected chi connectivity index (χ3v) is 8.14. The lowest BCUT2D eigenvalue weighted by molar-refractivity contribution is -0.114. The number of thiophene rings is 1. The molecule has 1 aromatic rings. The van der Waals surface area contributed by atoms with Crippen molar-refractivity contribution in [1.82, 2.24) is 4.72 Å². The SMILES string of the molecule is Cc1cc(S(=O)(=O)NC2C(N)C3CCCOC32)sc1Br. The first-order valence-electron chi connectivity index (χ1n) is 6.55. The summed E-state index contributed by atoms with van der Waals surface area (Å²) in [5, 5.41) is 0. The number of sulfonamides is 1. The van der Waals surface area contributed by atoms with Crippen LogP contribution in [0.25, 0.3) is 0 Å². The molecule has 0 bridgehead atoms. The molecule has 1 saturated heterocycles. The molecule has 3 N–H and O–H groups in total. The summed E-state index contributed by atoms with van der Waals surface area (Å²) in [6.07, 6.45) is 1.96. The van der Waals surface area contributed by atoms with E-state index < -0.39 is 10.0 Å². The number of hydrogen-bond donors (Lipinski definition) is 2. The Kier molecular flexibility index (Phi) is 3.98. The Labute approximate surface area is 131 Å². The normalized spacial score (nSPS) is 33.5. The fourth-order valence-corrected chi connectivity index (χ4v) is 6.42. The molecular weight excluding hydrogens is 364 g/mol. The van der Waals surface area contributed by atoms with Gasteiger partial charge in [-0.15, -0.1) is 11.3 Å². The van der Waals surface area contributed by atoms with Crippen molar-refractivity contribution < 1.29 is 13.2 Å². The number of nitrogens with two attached hydrogens (primary N) is 1. The van der Waals surface area contributed by atoms with Crippen LogP contribution in [0.2, 0.25) is 0 Å². The third-order valence-electron chi connectivity index (χ3n) is 4.07. The molecule has 0 amide bonds. The molecule has 4 unspecified atom stereocenters. The van der Waals surface area contributed by atoms with Crippen LogP contribution in [-0.2, 0) is 14.8 Å². The first-order valence-corrected chi connectivity index (χ1v) is 9.65. The number of fused-ring (bicyclic) bond motifs is 1. The molecule has 1 saturated carbocycles. The molecule has 20 heavy (non-hydrogen) atoms. The first-order chi connectivity index (χ1) is 9.40. The summed E-state index contributed by atoms with van der Waals surface area (Å²) in [6, 6.07) is 1.20. The summed E-state index contributed by atoms with van der Waals surface area (Å²) in [4.78, 5) is 0. The van der Waals surface area contributed by atoms with Gasteiger partial charge in [0.15, 0.2) is 0 Å². The van der Waals surface area contributed by atoms with Crippen molar-refractivity contribution in [3.8, 4) is 0 Å². The molecule has 2 fully saturated rings. The van der Waals surface area contributed by atoms with Gasteiger partial charge in [-0.3, -0.25) is 0 Å². The number of hydrogen-bond acceptors (Lipinski definition) is 5. The van der Waals surface area contributed by atoms with Crippen LogP contribution in [0.5, 0.6) is 0 Å². The van der Waals surface area contributed by atoms with Gasteiger partial charge in [-0.05, 0) is 47.3 Å². The molecule has 4 atom stereocenters. The highest BCUT2D eigenvalue weighted by molar-refractivity contribution is 9.11. The van der Waals surface area contributed by atoms with Crippen molar-refractivity contribution in [2.24, 2.45) is 11.7 Å². The van der Waals surface area contributed by atoms with E-state index in [1.54, 1.807) is 6.07 Å². The Balaban J connectivity index is 1.77. The minimum Gasteiger partial charge on any atom is -0.376 e. The maximum absolute atomic E-state index is 12.4. The second kappa shape index (κ2) is 5.33. The van der Waals surface area contributed by atoms with Crippen molar-refractivity contribution in [1.29, 1.82) is 0 Å². The molecule has 1 aliphatic heterocycles. The van der Waals surface area contributed by atoms with Gasteiger partial charge in [-0.2, -0.15) is 0 Å². The number of halogens is 1. The summed E-state index contributed by atoms with van der Waals surface area (Å²) in [5.41, 5.74) is 7.00. The highest BCUT2D eigenvalue weighted by Crippen LogP contribution is 2.38. The molecule has 0 radical (unpaired) electrons. The molecule has 1 aliphatic carbocycles. The van der Waals surface area contributed by atoms with E-state index in [2.05, 4.69) is 20.7 Å². The second-order valence-electron chi connectivity index (χ2n) is 5.39. The predicted octanol–water partition coefficient (Wildman–Crippen LogP) is 1.60. The average molecular weight is 381 g/mol. The molecule has 8 heteroatoms. The molecule has 3 rings (SSSR count). The molecule has 0 spiro atoms. The third kappa shape index (κ3) is 2.46. The first kappa shape index (κ1) is 14.9. The summed E-state index contributed by atoms with van der Waals surface area (Å²) in [5.74, 6) is 0.285. The lowest BCUT2D eigenvalue weighted by Crippen LogP contribution is -2.71. The maximum Gasteiger partial charge on any atom is 0.250 e. The number of ether oxygens (including phenoxy) is 1. The number of rotatable bonds is 3. The zero-order chi connectivity index (χ0) is 14.5. The minimum absolute atomic E-state index is 0.0713. The zero-order valence-corrected chi connectivity index (χ0v) is 14.2. The van der Waals surface area contributed by atoms with E-state index in [0.29, 0.717) is 10.8 Å². The lowest BCUT2D eigenvalue weighted by Gasteiger charge is -2.52. The van der Waals surface area contributed by atoms with Gasteiger partial charge in [0.05, 0.1) is 15.9 Å². The Morgan fingerprint density at radius 3 is 2.95 bits per heavy atom. The summed E-state index contributed by atoms with van der Waals surface area (Å²) < 4.78 is 34.3. The molecule has 2 heterocycles. The monoisotopic (exact) mass is 380 g/mol. The van der Waals surface area contributed by atoms with Gasteiger partial charge >= 0.3 is 0 Å². The topological polar surface area (TPSA) is 81.4 Å². The standard InChI is InChI=1S/C12H17BrN2O3S2/c1-6-5-8(19-12(6)13)20(16,17)15-10-9(14)7-3-2-4-18-11(7)10/h5,7,9-11,15H,2-4,14H2,1H3. The largest absolute Gasteiger partial charge is 0.376 e. The minimum atomic E-state index is -3.53. The van der Waals surface area contributed by atoms with Crippen LogP contribution in [0.4, 0.5) is 0 Å². The molecule has 1 aromatic heterocycles. The van der Waals surface area contributed by atoms with Crippen LogP contribution < -0.4 is 10.5 Å². The smallest absolute Gasteiger partial charge is 0.250 e. The Hall–Kier alpha value is 0.01000. The molecular formula is C12H17BrN2O3S2. The van der Waals surface area contributed by atoms with Crippen molar-refractivity contribution in [3.63, 3.8) is 0 Å². The van der Waals surface area contributed by atoms with E-state index in [0.717, 1.165) is 22.2 Å². The van der Waals surface area contributed by atoms with E-state index in [1.807, 2.05) is 6.92 Å². The van der Waals surface area contributed by atoms with Crippen LogP contribution in [0, 0.1) is 12.8 Å². The second-order valence-corrected chi connectivity index (χ2v) is 9.70. The lowest BCUT2D eigenvalue weighted by atomic mass is 9.69. The number of nitrogens with one attached hydrogen (secondary N) is 1. The Bertz CT molecular complexity index is 597. The average Bonchev–Trinajstić information content (AvgIpc) is 2.77. The molecule has 5 nitrogen and oxygen atoms in total. The van der Waals surface area contributed by atoms with Gasteiger partial charge in [-0.25, -0.2) is 13.1 Å². The predicted molar refractivity (Wildman–Crippen MR) is 81.3 cm³/mol. The van der Waals surface area contributed by atoms with Crippen molar-refractivity contribution >= 4 is 37.3 Å². The van der Waals surface area contributed by atoms with Gasteiger partial charge < -0.3 is 10.5 Å². The van der Waals surface area contributed by atoms with Gasteiger partial charge in [0.25, 0.3) is 0 Å². The van der Waals surface area contributed by atoms with E-state index in [-0.39, 0.29) is 24.1 Å². The van der Waals surface area contributed by atoms with Gasteiger partial charge in [0.1, 0.15) is 4.21 Å². The van der Waals surface area contributed by atoms with Crippen LogP contribution in [0.15, 0.2) is 14.1 Å². The van der Waals surface area contributed by atoms with E-state index in [9.17, 15) is 8.42 Å². The van der Waals surface area contributed by atoms with E-state index in [4.69, 9.17) is 10.5 Å². The molecule has 0 aromatic carbocycles. The fourth-order valence-electron chi connectivity index (χ4n) is 2.89. The zero-order valence-electron chi connectivity index (χ0n) is 11.0. The summed E-state index contributed by atoms with van der Waals surface area (Å²) in [6.45, 7) is 2.56. The van der Waals surface area contributed by atoms with Crippen LogP contribution >= 0.6 is 27.3 Å². The van der Waals surface area contributed by atoms with Crippen LogP contribution in [0.3, 0.4) is 0 Å². The number of aryl methyl sites for hydroxylation is 1. The van der Waals surface area contributed by atoms with Crippen molar-refractivity contribution in [2.75, 3.05) is 6.61 Å². The van der Waals surface area contributed by atoms with Crippen molar-refractivity contribution in [2.45, 2.75) is 42.2 Å². The summed E-state index contributed by atoms with van der Waals surface area (Å²) >= 11 is 4.56. The van der Waals surface area contributed by atoms with E-state index in [1.165, 1.54) is 11.3 Å². The highest BCUT2D eigenvalue weighted by Gasteiger charge is 2.52. The van der Waals surface area contributed by atoms with E-state index >= 15 is 0 Å². The summed E-state index contributed by atoms with van der Waals surface area (Å²) in [7, 11) is -3.53. The van der Waals surface area contributed by atoms with Gasteiger partial charge in [-0.1, -0.05) is 0 Å². The quantitative estimate of drug-likeness (QED) is 0.834.